The Labute approximate surface area is 144 Å². The standard InChI is InChI=1S/C20H25N3O/c1-14-9-19(11-21-10-14)17-5-7-18(8-6-17)20(24)23-12-15(2)22(4)16(3)13-23/h5-11,15-16H,12-13H2,1-4H3. The SMILES string of the molecule is Cc1cncc(-c2ccc(C(=O)N3CC(C)N(C)C(C)C3)cc2)c1. The molecule has 2 heterocycles. The fourth-order valence-electron chi connectivity index (χ4n) is 3.27. The average Bonchev–Trinajstić information content (AvgIpc) is 2.59. The van der Waals surface area contributed by atoms with Crippen molar-refractivity contribution in [1.82, 2.24) is 14.8 Å². The zero-order valence-electron chi connectivity index (χ0n) is 14.9. The monoisotopic (exact) mass is 323 g/mol. The zero-order valence-corrected chi connectivity index (χ0v) is 14.9. The first-order chi connectivity index (χ1) is 11.5. The molecule has 0 spiro atoms. The Morgan fingerprint density at radius 3 is 2.25 bits per heavy atom. The number of carbonyl (C=O) groups excluding carboxylic acids is 1. The lowest BCUT2D eigenvalue weighted by atomic mass is 10.0. The molecule has 1 saturated heterocycles. The van der Waals surface area contributed by atoms with Gasteiger partial charge in [0.25, 0.3) is 5.91 Å². The molecule has 0 saturated carbocycles. The number of rotatable bonds is 2. The van der Waals surface area contributed by atoms with E-state index >= 15 is 0 Å². The van der Waals surface area contributed by atoms with Crippen molar-refractivity contribution in [3.05, 3.63) is 53.9 Å². The molecule has 0 bridgehead atoms. The molecule has 1 amide bonds. The number of nitrogens with zero attached hydrogens (tertiary/aromatic N) is 3. The lowest BCUT2D eigenvalue weighted by Gasteiger charge is -2.42. The predicted octanol–water partition coefficient (Wildman–Crippen LogP) is 3.22. The van der Waals surface area contributed by atoms with Crippen LogP contribution >= 0.6 is 0 Å². The van der Waals surface area contributed by atoms with Gasteiger partial charge in [-0.3, -0.25) is 14.7 Å². The van der Waals surface area contributed by atoms with Crippen molar-refractivity contribution in [3.63, 3.8) is 0 Å². The van der Waals surface area contributed by atoms with Gasteiger partial charge >= 0.3 is 0 Å². The number of aromatic nitrogens is 1. The summed E-state index contributed by atoms with van der Waals surface area (Å²) in [6, 6.07) is 10.7. The normalized spacial score (nSPS) is 21.8. The van der Waals surface area contributed by atoms with Crippen LogP contribution in [-0.2, 0) is 0 Å². The number of hydrogen-bond acceptors (Lipinski definition) is 3. The minimum Gasteiger partial charge on any atom is -0.336 e. The summed E-state index contributed by atoms with van der Waals surface area (Å²) in [7, 11) is 2.13. The Balaban J connectivity index is 1.77. The molecular formula is C20H25N3O. The third kappa shape index (κ3) is 3.34. The topological polar surface area (TPSA) is 36.4 Å². The van der Waals surface area contributed by atoms with E-state index in [1.54, 1.807) is 0 Å². The molecule has 4 nitrogen and oxygen atoms in total. The molecule has 2 aromatic rings. The highest BCUT2D eigenvalue weighted by Gasteiger charge is 2.29. The predicted molar refractivity (Wildman–Crippen MR) is 97.0 cm³/mol. The van der Waals surface area contributed by atoms with Crippen LogP contribution in [0.1, 0.15) is 29.8 Å². The van der Waals surface area contributed by atoms with Crippen molar-refractivity contribution in [1.29, 1.82) is 0 Å². The second-order valence-corrected chi connectivity index (χ2v) is 6.90. The van der Waals surface area contributed by atoms with Crippen molar-refractivity contribution in [2.45, 2.75) is 32.9 Å². The summed E-state index contributed by atoms with van der Waals surface area (Å²) in [5.74, 6) is 0.121. The van der Waals surface area contributed by atoms with Gasteiger partial charge in [0.2, 0.25) is 0 Å². The largest absolute Gasteiger partial charge is 0.336 e. The van der Waals surface area contributed by atoms with Gasteiger partial charge in [0.05, 0.1) is 0 Å². The van der Waals surface area contributed by atoms with Gasteiger partial charge in [0.15, 0.2) is 0 Å². The van der Waals surface area contributed by atoms with E-state index in [0.717, 1.165) is 35.3 Å². The van der Waals surface area contributed by atoms with Crippen LogP contribution in [0, 0.1) is 6.92 Å². The molecule has 1 aromatic heterocycles. The number of amides is 1. The van der Waals surface area contributed by atoms with E-state index in [1.165, 1.54) is 0 Å². The van der Waals surface area contributed by atoms with Gasteiger partial charge in [-0.2, -0.15) is 0 Å². The molecular weight excluding hydrogens is 298 g/mol. The van der Waals surface area contributed by atoms with Crippen LogP contribution in [-0.4, -0.2) is 52.9 Å². The van der Waals surface area contributed by atoms with E-state index in [2.05, 4.69) is 36.8 Å². The van der Waals surface area contributed by atoms with Crippen molar-refractivity contribution in [3.8, 4) is 11.1 Å². The van der Waals surface area contributed by atoms with Gasteiger partial charge in [0, 0.05) is 48.7 Å². The van der Waals surface area contributed by atoms with Gasteiger partial charge in [-0.15, -0.1) is 0 Å². The molecule has 24 heavy (non-hydrogen) atoms. The molecule has 126 valence electrons. The van der Waals surface area contributed by atoms with Gasteiger partial charge in [-0.05, 0) is 57.1 Å². The van der Waals surface area contributed by atoms with Crippen molar-refractivity contribution in [2.24, 2.45) is 0 Å². The fourth-order valence-corrected chi connectivity index (χ4v) is 3.27. The average molecular weight is 323 g/mol. The van der Waals surface area contributed by atoms with Crippen molar-refractivity contribution < 1.29 is 4.79 Å². The molecule has 2 atom stereocenters. The molecule has 1 aromatic carbocycles. The second-order valence-electron chi connectivity index (χ2n) is 6.90. The Bertz CT molecular complexity index is 714. The number of piperazine rings is 1. The van der Waals surface area contributed by atoms with Crippen LogP contribution in [0.4, 0.5) is 0 Å². The first-order valence-electron chi connectivity index (χ1n) is 8.49. The molecule has 0 aliphatic carbocycles. The quantitative estimate of drug-likeness (QED) is 0.851. The number of pyridine rings is 1. The minimum atomic E-state index is 0.121. The summed E-state index contributed by atoms with van der Waals surface area (Å²) in [4.78, 5) is 21.3. The lowest BCUT2D eigenvalue weighted by Crippen LogP contribution is -2.56. The zero-order chi connectivity index (χ0) is 17.3. The van der Waals surface area contributed by atoms with Crippen LogP contribution < -0.4 is 0 Å². The number of likely N-dealkylation sites (N-methyl/N-ethyl adjacent to an activating group) is 1. The maximum atomic E-state index is 12.8. The highest BCUT2D eigenvalue weighted by Crippen LogP contribution is 2.21. The Morgan fingerprint density at radius 2 is 1.67 bits per heavy atom. The van der Waals surface area contributed by atoms with Crippen molar-refractivity contribution >= 4 is 5.91 Å². The second kappa shape index (κ2) is 6.73. The van der Waals surface area contributed by atoms with E-state index < -0.39 is 0 Å². The molecule has 2 unspecified atom stereocenters. The van der Waals surface area contributed by atoms with E-state index in [1.807, 2.05) is 48.5 Å². The summed E-state index contributed by atoms with van der Waals surface area (Å²) in [6.45, 7) is 7.93. The number of benzene rings is 1. The summed E-state index contributed by atoms with van der Waals surface area (Å²) < 4.78 is 0. The highest BCUT2D eigenvalue weighted by molar-refractivity contribution is 5.94. The molecule has 0 radical (unpaired) electrons. The van der Waals surface area contributed by atoms with Crippen LogP contribution in [0.25, 0.3) is 11.1 Å². The molecule has 3 rings (SSSR count). The summed E-state index contributed by atoms with van der Waals surface area (Å²) in [6.07, 6.45) is 3.70. The maximum absolute atomic E-state index is 12.8. The van der Waals surface area contributed by atoms with Crippen LogP contribution in [0.15, 0.2) is 42.7 Å². The maximum Gasteiger partial charge on any atom is 0.253 e. The Hall–Kier alpha value is -2.20. The lowest BCUT2D eigenvalue weighted by molar-refractivity contribution is 0.0414. The molecule has 1 aliphatic rings. The van der Waals surface area contributed by atoms with Crippen LogP contribution in [0.3, 0.4) is 0 Å². The minimum absolute atomic E-state index is 0.121. The number of carbonyl (C=O) groups is 1. The van der Waals surface area contributed by atoms with E-state index in [0.29, 0.717) is 12.1 Å². The third-order valence-electron chi connectivity index (χ3n) is 4.99. The molecule has 4 heteroatoms. The van der Waals surface area contributed by atoms with Gasteiger partial charge in [-0.1, -0.05) is 12.1 Å². The number of hydrogen-bond donors (Lipinski definition) is 0. The Kier molecular flexibility index (Phi) is 4.67. The molecule has 1 fully saturated rings. The molecule has 0 N–H and O–H groups in total. The Morgan fingerprint density at radius 1 is 1.04 bits per heavy atom. The van der Waals surface area contributed by atoms with E-state index in [4.69, 9.17) is 0 Å². The van der Waals surface area contributed by atoms with Crippen molar-refractivity contribution in [2.75, 3.05) is 20.1 Å². The number of aryl methyl sites for hydroxylation is 1. The first-order valence-corrected chi connectivity index (χ1v) is 8.49. The first kappa shape index (κ1) is 16.7. The van der Waals surface area contributed by atoms with Gasteiger partial charge < -0.3 is 4.90 Å². The van der Waals surface area contributed by atoms with Crippen LogP contribution in [0.2, 0.25) is 0 Å². The summed E-state index contributed by atoms with van der Waals surface area (Å²) >= 11 is 0. The summed E-state index contributed by atoms with van der Waals surface area (Å²) in [5.41, 5.74) is 4.05. The van der Waals surface area contributed by atoms with E-state index in [-0.39, 0.29) is 5.91 Å². The van der Waals surface area contributed by atoms with Gasteiger partial charge in [-0.25, -0.2) is 0 Å². The van der Waals surface area contributed by atoms with Crippen LogP contribution in [0.5, 0.6) is 0 Å². The molecule has 1 aliphatic heterocycles. The third-order valence-corrected chi connectivity index (χ3v) is 4.99. The highest BCUT2D eigenvalue weighted by atomic mass is 16.2. The van der Waals surface area contributed by atoms with Gasteiger partial charge in [0.1, 0.15) is 0 Å². The smallest absolute Gasteiger partial charge is 0.253 e. The van der Waals surface area contributed by atoms with E-state index in [9.17, 15) is 4.79 Å². The fraction of sp³-hybridized carbons (Fsp3) is 0.400. The summed E-state index contributed by atoms with van der Waals surface area (Å²) in [5, 5.41) is 0.